The van der Waals surface area contributed by atoms with Crippen molar-refractivity contribution in [2.45, 2.75) is 0 Å². The average molecular weight is 555 g/mol. The lowest BCUT2D eigenvalue weighted by Crippen LogP contribution is -2.16. The Balaban J connectivity index is 1.28. The van der Waals surface area contributed by atoms with E-state index in [-0.39, 0.29) is 0 Å². The second-order valence-electron chi connectivity index (χ2n) is 10.5. The molecule has 0 unspecified atom stereocenters. The monoisotopic (exact) mass is 554 g/mol. The van der Waals surface area contributed by atoms with Crippen LogP contribution in [0.25, 0.3) is 50.9 Å². The molecule has 0 bridgehead atoms. The number of hydrogen-bond acceptors (Lipinski definition) is 4. The SMILES string of the molecule is C=Cc1ccc2c(c1)c1cc(C=C)ccc1n2-c1cc(-c2ccnc(N3c4ccccc4Oc4ccccc43)c2)ccn1. The fourth-order valence-corrected chi connectivity index (χ4v) is 5.95. The van der Waals surface area contributed by atoms with Crippen molar-refractivity contribution in [1.82, 2.24) is 14.5 Å². The van der Waals surface area contributed by atoms with Gasteiger partial charge in [0.2, 0.25) is 0 Å². The molecule has 0 saturated heterocycles. The first kappa shape index (κ1) is 24.8. The minimum Gasteiger partial charge on any atom is -0.453 e. The maximum absolute atomic E-state index is 6.21. The molecule has 0 fully saturated rings. The van der Waals surface area contributed by atoms with E-state index in [1.807, 2.05) is 73.1 Å². The lowest BCUT2D eigenvalue weighted by Gasteiger charge is -2.32. The minimum atomic E-state index is 0.796. The molecule has 3 aromatic heterocycles. The van der Waals surface area contributed by atoms with Crippen LogP contribution in [0.4, 0.5) is 17.2 Å². The van der Waals surface area contributed by atoms with Gasteiger partial charge in [0.05, 0.1) is 22.4 Å². The number of rotatable bonds is 5. The van der Waals surface area contributed by atoms with Gasteiger partial charge in [-0.3, -0.25) is 9.47 Å². The summed E-state index contributed by atoms with van der Waals surface area (Å²) in [6.45, 7) is 7.95. The summed E-state index contributed by atoms with van der Waals surface area (Å²) in [5.41, 5.74) is 8.31. The summed E-state index contributed by atoms with van der Waals surface area (Å²) in [4.78, 5) is 11.8. The third-order valence-electron chi connectivity index (χ3n) is 8.00. The van der Waals surface area contributed by atoms with E-state index < -0.39 is 0 Å². The van der Waals surface area contributed by atoms with E-state index in [4.69, 9.17) is 14.7 Å². The number of benzene rings is 4. The van der Waals surface area contributed by atoms with Gasteiger partial charge in [0.25, 0.3) is 0 Å². The highest BCUT2D eigenvalue weighted by atomic mass is 16.5. The molecule has 5 heteroatoms. The summed E-state index contributed by atoms with van der Waals surface area (Å²) < 4.78 is 8.44. The van der Waals surface area contributed by atoms with E-state index in [1.165, 1.54) is 0 Å². The zero-order valence-corrected chi connectivity index (χ0v) is 23.3. The molecule has 4 aromatic carbocycles. The van der Waals surface area contributed by atoms with E-state index in [1.54, 1.807) is 0 Å². The molecular formula is C38H26N4O. The molecule has 1 aliphatic rings. The fraction of sp³-hybridized carbons (Fsp3) is 0. The van der Waals surface area contributed by atoms with Crippen LogP contribution in [-0.4, -0.2) is 14.5 Å². The summed E-state index contributed by atoms with van der Waals surface area (Å²) in [6.07, 6.45) is 7.49. The number of fused-ring (bicyclic) bond motifs is 5. The van der Waals surface area contributed by atoms with Crippen molar-refractivity contribution in [3.05, 3.63) is 146 Å². The van der Waals surface area contributed by atoms with E-state index in [9.17, 15) is 0 Å². The third kappa shape index (κ3) is 4.02. The molecule has 0 saturated carbocycles. The quantitative estimate of drug-likeness (QED) is 0.212. The molecule has 8 rings (SSSR count). The Morgan fingerprint density at radius 3 is 1.63 bits per heavy atom. The summed E-state index contributed by atoms with van der Waals surface area (Å²) in [7, 11) is 0. The summed E-state index contributed by atoms with van der Waals surface area (Å²) in [5.74, 6) is 3.25. The largest absolute Gasteiger partial charge is 0.453 e. The van der Waals surface area contributed by atoms with E-state index in [2.05, 4.69) is 83.3 Å². The number of ether oxygens (including phenoxy) is 1. The number of nitrogens with zero attached hydrogens (tertiary/aromatic N) is 4. The van der Waals surface area contributed by atoms with E-state index in [0.717, 1.165) is 78.6 Å². The van der Waals surface area contributed by atoms with Crippen LogP contribution in [-0.2, 0) is 0 Å². The highest BCUT2D eigenvalue weighted by molar-refractivity contribution is 6.10. The molecule has 0 radical (unpaired) electrons. The maximum atomic E-state index is 6.21. The van der Waals surface area contributed by atoms with Gasteiger partial charge in [-0.1, -0.05) is 61.7 Å². The smallest absolute Gasteiger partial charge is 0.151 e. The highest BCUT2D eigenvalue weighted by Crippen LogP contribution is 2.49. The van der Waals surface area contributed by atoms with Crippen LogP contribution in [0.5, 0.6) is 11.5 Å². The van der Waals surface area contributed by atoms with Gasteiger partial charge in [-0.2, -0.15) is 0 Å². The van der Waals surface area contributed by atoms with Crippen LogP contribution in [0.15, 0.2) is 135 Å². The van der Waals surface area contributed by atoms with Crippen molar-refractivity contribution in [3.8, 4) is 28.4 Å². The third-order valence-corrected chi connectivity index (χ3v) is 8.00. The van der Waals surface area contributed by atoms with Crippen LogP contribution in [0.2, 0.25) is 0 Å². The number of anilines is 3. The zero-order chi connectivity index (χ0) is 28.9. The number of pyridine rings is 2. The van der Waals surface area contributed by atoms with Crippen molar-refractivity contribution in [2.75, 3.05) is 4.90 Å². The topological polar surface area (TPSA) is 43.2 Å². The van der Waals surface area contributed by atoms with Crippen molar-refractivity contribution in [1.29, 1.82) is 0 Å². The lowest BCUT2D eigenvalue weighted by atomic mass is 10.1. The summed E-state index contributed by atoms with van der Waals surface area (Å²) >= 11 is 0. The predicted molar refractivity (Wildman–Crippen MR) is 177 cm³/mol. The average Bonchev–Trinajstić information content (AvgIpc) is 3.40. The molecule has 4 heterocycles. The van der Waals surface area contributed by atoms with Gasteiger partial charge in [0.15, 0.2) is 11.5 Å². The van der Waals surface area contributed by atoms with E-state index >= 15 is 0 Å². The Kier molecular flexibility index (Phi) is 5.69. The van der Waals surface area contributed by atoms with Gasteiger partial charge in [0.1, 0.15) is 11.6 Å². The minimum absolute atomic E-state index is 0.796. The Morgan fingerprint density at radius 1 is 0.558 bits per heavy atom. The standard InChI is InChI=1S/C38H26N4O/c1-3-25-13-15-31-29(21-25)30-22-26(4-2)14-16-32(30)41(31)37-23-27(17-19-39-37)28-18-20-40-38(24-28)42-33-9-5-7-11-35(33)43-36-12-8-6-10-34(36)42/h3-24H,1-2H2. The molecular weight excluding hydrogens is 528 g/mol. The Bertz CT molecular complexity index is 2120. The maximum Gasteiger partial charge on any atom is 0.151 e. The second-order valence-corrected chi connectivity index (χ2v) is 10.5. The number of aromatic nitrogens is 3. The molecule has 204 valence electrons. The first-order valence-electron chi connectivity index (χ1n) is 14.1. The number of para-hydroxylation sites is 4. The predicted octanol–water partition coefficient (Wildman–Crippen LogP) is 10.1. The van der Waals surface area contributed by atoms with Gasteiger partial charge >= 0.3 is 0 Å². The summed E-state index contributed by atoms with van der Waals surface area (Å²) in [6, 6.07) is 37.3. The molecule has 0 N–H and O–H groups in total. The molecule has 5 nitrogen and oxygen atoms in total. The summed E-state index contributed by atoms with van der Waals surface area (Å²) in [5, 5.41) is 2.30. The Labute approximate surface area is 249 Å². The molecule has 0 spiro atoms. The molecule has 7 aromatic rings. The Hall–Kier alpha value is -5.94. The van der Waals surface area contributed by atoms with Crippen molar-refractivity contribution >= 4 is 51.2 Å². The normalized spacial score (nSPS) is 12.0. The van der Waals surface area contributed by atoms with Crippen LogP contribution < -0.4 is 9.64 Å². The van der Waals surface area contributed by atoms with Crippen molar-refractivity contribution < 1.29 is 4.74 Å². The molecule has 0 atom stereocenters. The lowest BCUT2D eigenvalue weighted by molar-refractivity contribution is 0.476. The van der Waals surface area contributed by atoms with Gasteiger partial charge in [-0.25, -0.2) is 9.97 Å². The first-order valence-corrected chi connectivity index (χ1v) is 14.1. The Morgan fingerprint density at radius 2 is 1.07 bits per heavy atom. The van der Waals surface area contributed by atoms with Crippen LogP contribution >= 0.6 is 0 Å². The molecule has 1 aliphatic heterocycles. The van der Waals surface area contributed by atoms with Gasteiger partial charge in [-0.05, 0) is 95.1 Å². The van der Waals surface area contributed by atoms with Crippen LogP contribution in [0.3, 0.4) is 0 Å². The molecule has 43 heavy (non-hydrogen) atoms. The van der Waals surface area contributed by atoms with Crippen LogP contribution in [0, 0.1) is 0 Å². The highest BCUT2D eigenvalue weighted by Gasteiger charge is 2.26. The van der Waals surface area contributed by atoms with Gasteiger partial charge < -0.3 is 4.74 Å². The zero-order valence-electron chi connectivity index (χ0n) is 23.3. The second kappa shape index (κ2) is 9.86. The van der Waals surface area contributed by atoms with Gasteiger partial charge in [-0.15, -0.1) is 0 Å². The van der Waals surface area contributed by atoms with E-state index in [0.29, 0.717) is 0 Å². The number of hydrogen-bond donors (Lipinski definition) is 0. The van der Waals surface area contributed by atoms with Gasteiger partial charge in [0, 0.05) is 23.2 Å². The van der Waals surface area contributed by atoms with Crippen LogP contribution in [0.1, 0.15) is 11.1 Å². The molecule has 0 amide bonds. The van der Waals surface area contributed by atoms with Crippen molar-refractivity contribution in [3.63, 3.8) is 0 Å². The van der Waals surface area contributed by atoms with Crippen molar-refractivity contribution in [2.24, 2.45) is 0 Å². The molecule has 0 aliphatic carbocycles. The first-order chi connectivity index (χ1) is 21.2. The fourth-order valence-electron chi connectivity index (χ4n) is 5.95.